The lowest BCUT2D eigenvalue weighted by molar-refractivity contribution is 0.0950. The van der Waals surface area contributed by atoms with Crippen molar-refractivity contribution in [3.05, 3.63) is 70.3 Å². The minimum atomic E-state index is -0.0723. The molecule has 3 N–H and O–H groups in total. The maximum atomic E-state index is 12.2. The highest BCUT2D eigenvalue weighted by molar-refractivity contribution is 7.80. The average molecular weight is 298 g/mol. The Bertz CT molecular complexity index is 695. The molecule has 108 valence electrons. The van der Waals surface area contributed by atoms with Gasteiger partial charge in [-0.3, -0.25) is 4.79 Å². The van der Waals surface area contributed by atoms with Gasteiger partial charge in [0, 0.05) is 17.7 Å². The molecule has 0 unspecified atom stereocenters. The van der Waals surface area contributed by atoms with Crippen molar-refractivity contribution in [2.75, 3.05) is 0 Å². The Morgan fingerprint density at radius 1 is 1.19 bits per heavy atom. The minimum Gasteiger partial charge on any atom is -0.389 e. The van der Waals surface area contributed by atoms with Crippen LogP contribution in [0.1, 0.15) is 32.6 Å². The minimum absolute atomic E-state index is 0.0723. The fraction of sp³-hybridized carbons (Fsp3) is 0.176. The Morgan fingerprint density at radius 3 is 2.62 bits per heavy atom. The molecule has 0 bridgehead atoms. The number of nitrogens with two attached hydrogens (primary N) is 1. The summed E-state index contributed by atoms with van der Waals surface area (Å²) in [5.41, 5.74) is 10.2. The molecule has 0 saturated carbocycles. The van der Waals surface area contributed by atoms with Crippen molar-refractivity contribution < 1.29 is 4.79 Å². The highest BCUT2D eigenvalue weighted by Crippen LogP contribution is 2.13. The van der Waals surface area contributed by atoms with Crippen LogP contribution in [0.15, 0.2) is 42.5 Å². The van der Waals surface area contributed by atoms with Crippen LogP contribution >= 0.6 is 12.2 Å². The van der Waals surface area contributed by atoms with Gasteiger partial charge in [0.2, 0.25) is 0 Å². The maximum absolute atomic E-state index is 12.2. The standard InChI is InChI=1S/C17H18N2OS/c1-11-5-3-8-15(12(11)2)17(20)19-10-13-6-4-7-14(9-13)16(18)21/h3-9H,10H2,1-2H3,(H2,18,21)(H,19,20). The quantitative estimate of drug-likeness (QED) is 0.853. The summed E-state index contributed by atoms with van der Waals surface area (Å²) in [6.07, 6.45) is 0. The van der Waals surface area contributed by atoms with E-state index < -0.39 is 0 Å². The third kappa shape index (κ3) is 3.67. The van der Waals surface area contributed by atoms with Gasteiger partial charge in [-0.05, 0) is 42.7 Å². The lowest BCUT2D eigenvalue weighted by atomic mass is 10.0. The first-order valence-electron chi connectivity index (χ1n) is 6.72. The summed E-state index contributed by atoms with van der Waals surface area (Å²) < 4.78 is 0. The smallest absolute Gasteiger partial charge is 0.251 e. The Balaban J connectivity index is 2.09. The number of aryl methyl sites for hydroxylation is 1. The summed E-state index contributed by atoms with van der Waals surface area (Å²) in [7, 11) is 0. The largest absolute Gasteiger partial charge is 0.389 e. The van der Waals surface area contributed by atoms with E-state index in [1.165, 1.54) is 0 Å². The first-order chi connectivity index (χ1) is 9.99. The van der Waals surface area contributed by atoms with Gasteiger partial charge in [0.25, 0.3) is 5.91 Å². The second-order valence-electron chi connectivity index (χ2n) is 4.99. The van der Waals surface area contributed by atoms with Crippen LogP contribution < -0.4 is 11.1 Å². The van der Waals surface area contributed by atoms with Crippen molar-refractivity contribution in [1.29, 1.82) is 0 Å². The zero-order valence-corrected chi connectivity index (χ0v) is 13.0. The molecule has 0 aliphatic heterocycles. The molecule has 21 heavy (non-hydrogen) atoms. The van der Waals surface area contributed by atoms with E-state index in [1.807, 2.05) is 56.3 Å². The molecule has 1 amide bonds. The van der Waals surface area contributed by atoms with Crippen LogP contribution in [0.25, 0.3) is 0 Å². The number of nitrogens with one attached hydrogen (secondary N) is 1. The van der Waals surface area contributed by atoms with Gasteiger partial charge < -0.3 is 11.1 Å². The second kappa shape index (κ2) is 6.50. The third-order valence-corrected chi connectivity index (χ3v) is 3.75. The molecule has 2 rings (SSSR count). The molecule has 2 aromatic rings. The monoisotopic (exact) mass is 298 g/mol. The molecule has 0 spiro atoms. The van der Waals surface area contributed by atoms with Crippen LogP contribution in [0.4, 0.5) is 0 Å². The first kappa shape index (κ1) is 15.2. The van der Waals surface area contributed by atoms with Crippen LogP contribution in [0, 0.1) is 13.8 Å². The number of thiocarbonyl (C=S) groups is 1. The van der Waals surface area contributed by atoms with Crippen LogP contribution in [-0.2, 0) is 6.54 Å². The fourth-order valence-corrected chi connectivity index (χ4v) is 2.24. The number of hydrogen-bond acceptors (Lipinski definition) is 2. The molecule has 0 aliphatic carbocycles. The number of carbonyl (C=O) groups excluding carboxylic acids is 1. The highest BCUT2D eigenvalue weighted by Gasteiger charge is 2.09. The molecule has 2 aromatic carbocycles. The van der Waals surface area contributed by atoms with Gasteiger partial charge in [0.15, 0.2) is 0 Å². The van der Waals surface area contributed by atoms with Gasteiger partial charge in [-0.15, -0.1) is 0 Å². The number of carbonyl (C=O) groups is 1. The summed E-state index contributed by atoms with van der Waals surface area (Å²) >= 11 is 4.96. The van der Waals surface area contributed by atoms with Gasteiger partial charge in [-0.2, -0.15) is 0 Å². The number of amides is 1. The van der Waals surface area contributed by atoms with Gasteiger partial charge in [0.1, 0.15) is 4.99 Å². The topological polar surface area (TPSA) is 55.1 Å². The third-order valence-electron chi connectivity index (χ3n) is 3.51. The lowest BCUT2D eigenvalue weighted by Crippen LogP contribution is -2.24. The van der Waals surface area contributed by atoms with Crippen LogP contribution in [-0.4, -0.2) is 10.9 Å². The van der Waals surface area contributed by atoms with E-state index in [9.17, 15) is 4.79 Å². The predicted octanol–water partition coefficient (Wildman–Crippen LogP) is 2.87. The van der Waals surface area contributed by atoms with Crippen molar-refractivity contribution in [3.63, 3.8) is 0 Å². The van der Waals surface area contributed by atoms with E-state index in [-0.39, 0.29) is 5.91 Å². The summed E-state index contributed by atoms with van der Waals surface area (Å²) in [5.74, 6) is -0.0723. The van der Waals surface area contributed by atoms with Crippen molar-refractivity contribution in [1.82, 2.24) is 5.32 Å². The lowest BCUT2D eigenvalue weighted by Gasteiger charge is -2.10. The van der Waals surface area contributed by atoms with Crippen LogP contribution in [0.2, 0.25) is 0 Å². The zero-order valence-electron chi connectivity index (χ0n) is 12.1. The maximum Gasteiger partial charge on any atom is 0.251 e. The summed E-state index contributed by atoms with van der Waals surface area (Å²) in [6, 6.07) is 13.3. The van der Waals surface area contributed by atoms with E-state index in [0.29, 0.717) is 17.1 Å². The summed E-state index contributed by atoms with van der Waals surface area (Å²) in [4.78, 5) is 12.6. The Labute approximate surface area is 130 Å². The molecule has 0 fully saturated rings. The molecule has 0 atom stereocenters. The molecule has 0 heterocycles. The van der Waals surface area contributed by atoms with Gasteiger partial charge in [-0.25, -0.2) is 0 Å². The molecular weight excluding hydrogens is 280 g/mol. The molecule has 0 aliphatic rings. The van der Waals surface area contributed by atoms with Crippen LogP contribution in [0.5, 0.6) is 0 Å². The van der Waals surface area contributed by atoms with E-state index in [1.54, 1.807) is 0 Å². The Kier molecular flexibility index (Phi) is 4.70. The van der Waals surface area contributed by atoms with Crippen molar-refractivity contribution in [3.8, 4) is 0 Å². The van der Waals surface area contributed by atoms with E-state index in [4.69, 9.17) is 18.0 Å². The van der Waals surface area contributed by atoms with Crippen molar-refractivity contribution >= 4 is 23.1 Å². The number of benzene rings is 2. The number of rotatable bonds is 4. The summed E-state index contributed by atoms with van der Waals surface area (Å²) in [6.45, 7) is 4.40. The molecular formula is C17H18N2OS. The highest BCUT2D eigenvalue weighted by atomic mass is 32.1. The summed E-state index contributed by atoms with van der Waals surface area (Å²) in [5, 5.41) is 2.93. The van der Waals surface area contributed by atoms with E-state index >= 15 is 0 Å². The zero-order chi connectivity index (χ0) is 15.4. The average Bonchev–Trinajstić information content (AvgIpc) is 2.48. The second-order valence-corrected chi connectivity index (χ2v) is 5.43. The molecule has 0 saturated heterocycles. The van der Waals surface area contributed by atoms with E-state index in [0.717, 1.165) is 22.3 Å². The Morgan fingerprint density at radius 2 is 1.90 bits per heavy atom. The van der Waals surface area contributed by atoms with Crippen molar-refractivity contribution in [2.45, 2.75) is 20.4 Å². The molecule has 4 heteroatoms. The number of hydrogen-bond donors (Lipinski definition) is 2. The predicted molar refractivity (Wildman–Crippen MR) is 89.4 cm³/mol. The SMILES string of the molecule is Cc1cccc(C(=O)NCc2cccc(C(N)=S)c2)c1C. The van der Waals surface area contributed by atoms with Gasteiger partial charge in [-0.1, -0.05) is 42.5 Å². The molecule has 3 nitrogen and oxygen atoms in total. The van der Waals surface area contributed by atoms with Gasteiger partial charge in [0.05, 0.1) is 0 Å². The first-order valence-corrected chi connectivity index (χ1v) is 7.13. The van der Waals surface area contributed by atoms with Crippen LogP contribution in [0.3, 0.4) is 0 Å². The van der Waals surface area contributed by atoms with Crippen molar-refractivity contribution in [2.24, 2.45) is 5.73 Å². The molecule has 0 radical (unpaired) electrons. The fourth-order valence-electron chi connectivity index (χ4n) is 2.11. The van der Waals surface area contributed by atoms with E-state index in [2.05, 4.69) is 5.32 Å². The normalized spacial score (nSPS) is 10.2. The molecule has 0 aromatic heterocycles. The Hall–Kier alpha value is -2.20. The van der Waals surface area contributed by atoms with Gasteiger partial charge >= 0.3 is 0 Å².